The molecule has 0 aliphatic rings. The number of nitrogens with zero attached hydrogens (tertiary/aromatic N) is 2. The van der Waals surface area contributed by atoms with Crippen LogP contribution in [0.25, 0.3) is 0 Å². The third-order valence-electron chi connectivity index (χ3n) is 3.11. The first-order valence-electron chi connectivity index (χ1n) is 6.70. The lowest BCUT2D eigenvalue weighted by Crippen LogP contribution is -2.07. The minimum Gasteiger partial charge on any atom is -0.494 e. The van der Waals surface area contributed by atoms with Gasteiger partial charge in [0, 0.05) is 24.4 Å². The van der Waals surface area contributed by atoms with Crippen molar-refractivity contribution in [3.63, 3.8) is 0 Å². The molecule has 21 heavy (non-hydrogen) atoms. The largest absolute Gasteiger partial charge is 0.494 e. The topological polar surface area (TPSA) is 59.1 Å². The van der Waals surface area contributed by atoms with Crippen LogP contribution in [0.15, 0.2) is 24.5 Å². The molecule has 2 N–H and O–H groups in total. The fraction of sp³-hybridized carbons (Fsp3) is 0.333. The van der Waals surface area contributed by atoms with Gasteiger partial charge in [-0.05, 0) is 18.1 Å². The molecule has 2 rings (SSSR count). The summed E-state index contributed by atoms with van der Waals surface area (Å²) in [7, 11) is 3.25. The van der Waals surface area contributed by atoms with Crippen molar-refractivity contribution in [2.24, 2.45) is 0 Å². The summed E-state index contributed by atoms with van der Waals surface area (Å²) in [6, 6.07) is 4.60. The summed E-state index contributed by atoms with van der Waals surface area (Å²) in [4.78, 5) is 8.51. The summed E-state index contributed by atoms with van der Waals surface area (Å²) in [5, 5.41) is 6.25. The molecular formula is C15H19FN4O. The highest BCUT2D eigenvalue weighted by atomic mass is 19.1. The van der Waals surface area contributed by atoms with E-state index in [0.717, 1.165) is 11.4 Å². The first-order valence-corrected chi connectivity index (χ1v) is 6.70. The predicted octanol–water partition coefficient (Wildman–Crippen LogP) is 3.53. The van der Waals surface area contributed by atoms with Crippen molar-refractivity contribution in [3.05, 3.63) is 35.9 Å². The van der Waals surface area contributed by atoms with E-state index in [1.807, 2.05) is 7.05 Å². The zero-order valence-electron chi connectivity index (χ0n) is 12.6. The van der Waals surface area contributed by atoms with Crippen LogP contribution in [0.4, 0.5) is 21.7 Å². The summed E-state index contributed by atoms with van der Waals surface area (Å²) < 4.78 is 18.4. The van der Waals surface area contributed by atoms with Crippen molar-refractivity contribution in [1.29, 1.82) is 0 Å². The highest BCUT2D eigenvalue weighted by molar-refractivity contribution is 5.66. The number of rotatable bonds is 5. The molecule has 0 fully saturated rings. The second-order valence-electron chi connectivity index (χ2n) is 4.86. The van der Waals surface area contributed by atoms with Crippen molar-refractivity contribution in [1.82, 2.24) is 9.97 Å². The molecule has 1 aromatic carbocycles. The maximum absolute atomic E-state index is 13.4. The molecule has 6 heteroatoms. The van der Waals surface area contributed by atoms with Crippen molar-refractivity contribution in [2.75, 3.05) is 24.8 Å². The molecule has 0 unspecified atom stereocenters. The fourth-order valence-electron chi connectivity index (χ4n) is 2.12. The van der Waals surface area contributed by atoms with Gasteiger partial charge in [-0.1, -0.05) is 13.8 Å². The fourth-order valence-corrected chi connectivity index (χ4v) is 2.12. The van der Waals surface area contributed by atoms with Gasteiger partial charge in [-0.15, -0.1) is 0 Å². The first kappa shape index (κ1) is 15.0. The van der Waals surface area contributed by atoms with E-state index in [9.17, 15) is 4.39 Å². The van der Waals surface area contributed by atoms with Crippen LogP contribution in [-0.4, -0.2) is 24.1 Å². The van der Waals surface area contributed by atoms with E-state index in [1.54, 1.807) is 12.1 Å². The standard InChI is InChI=1S/C15H19FN4O/c1-9(2)13-14(17-3)18-8-19-15(13)20-10-5-6-11(16)12(7-10)21-4/h5-9H,1-4H3,(H2,17,18,19,20). The third kappa shape index (κ3) is 3.21. The normalized spacial score (nSPS) is 10.6. The second kappa shape index (κ2) is 6.39. The molecule has 2 aromatic rings. The molecule has 0 radical (unpaired) electrons. The number of nitrogens with one attached hydrogen (secondary N) is 2. The van der Waals surface area contributed by atoms with Gasteiger partial charge in [0.05, 0.1) is 7.11 Å². The minimum absolute atomic E-state index is 0.189. The lowest BCUT2D eigenvalue weighted by Gasteiger charge is -2.17. The number of anilines is 3. The van der Waals surface area contributed by atoms with Crippen molar-refractivity contribution in [2.45, 2.75) is 19.8 Å². The van der Waals surface area contributed by atoms with E-state index < -0.39 is 5.82 Å². The van der Waals surface area contributed by atoms with Crippen molar-refractivity contribution < 1.29 is 9.13 Å². The molecule has 1 heterocycles. The number of benzene rings is 1. The van der Waals surface area contributed by atoms with Crippen LogP contribution in [0.1, 0.15) is 25.3 Å². The van der Waals surface area contributed by atoms with Gasteiger partial charge in [0.2, 0.25) is 0 Å². The highest BCUT2D eigenvalue weighted by Crippen LogP contribution is 2.31. The summed E-state index contributed by atoms with van der Waals surface area (Å²) in [6.45, 7) is 4.13. The molecule has 1 aromatic heterocycles. The predicted molar refractivity (Wildman–Crippen MR) is 81.9 cm³/mol. The van der Waals surface area contributed by atoms with Gasteiger partial charge in [-0.3, -0.25) is 0 Å². The highest BCUT2D eigenvalue weighted by Gasteiger charge is 2.15. The molecule has 0 spiro atoms. The van der Waals surface area contributed by atoms with Crippen LogP contribution in [-0.2, 0) is 0 Å². The van der Waals surface area contributed by atoms with Gasteiger partial charge in [0.1, 0.15) is 18.0 Å². The molecule has 0 amide bonds. The van der Waals surface area contributed by atoms with Gasteiger partial charge < -0.3 is 15.4 Å². The zero-order valence-corrected chi connectivity index (χ0v) is 12.6. The SMILES string of the molecule is CNc1ncnc(Nc2ccc(F)c(OC)c2)c1C(C)C. The van der Waals surface area contributed by atoms with E-state index in [4.69, 9.17) is 4.74 Å². The molecule has 0 aliphatic carbocycles. The Labute approximate surface area is 123 Å². The molecule has 0 bridgehead atoms. The Morgan fingerprint density at radius 3 is 2.52 bits per heavy atom. The maximum atomic E-state index is 13.4. The number of hydrogen-bond acceptors (Lipinski definition) is 5. The van der Waals surface area contributed by atoms with Crippen LogP contribution >= 0.6 is 0 Å². The van der Waals surface area contributed by atoms with E-state index in [2.05, 4.69) is 34.4 Å². The van der Waals surface area contributed by atoms with Gasteiger partial charge >= 0.3 is 0 Å². The maximum Gasteiger partial charge on any atom is 0.165 e. The number of methoxy groups -OCH3 is 1. The Hall–Kier alpha value is -2.37. The molecule has 0 aliphatic heterocycles. The van der Waals surface area contributed by atoms with E-state index in [0.29, 0.717) is 11.5 Å². The van der Waals surface area contributed by atoms with Crippen LogP contribution in [0, 0.1) is 5.82 Å². The van der Waals surface area contributed by atoms with Crippen LogP contribution in [0.3, 0.4) is 0 Å². The minimum atomic E-state index is -0.397. The molecule has 5 nitrogen and oxygen atoms in total. The Bertz CT molecular complexity index is 631. The van der Waals surface area contributed by atoms with Crippen LogP contribution in [0.5, 0.6) is 5.75 Å². The summed E-state index contributed by atoms with van der Waals surface area (Å²) in [6.07, 6.45) is 1.49. The van der Waals surface area contributed by atoms with Gasteiger partial charge in [0.25, 0.3) is 0 Å². The third-order valence-corrected chi connectivity index (χ3v) is 3.11. The lowest BCUT2D eigenvalue weighted by atomic mass is 10.0. The van der Waals surface area contributed by atoms with E-state index in [1.165, 1.54) is 19.5 Å². The zero-order chi connectivity index (χ0) is 15.4. The molecule has 0 saturated heterocycles. The van der Waals surface area contributed by atoms with Gasteiger partial charge in [0.15, 0.2) is 11.6 Å². The quantitative estimate of drug-likeness (QED) is 0.882. The number of hydrogen-bond donors (Lipinski definition) is 2. The second-order valence-corrected chi connectivity index (χ2v) is 4.86. The number of aromatic nitrogens is 2. The van der Waals surface area contributed by atoms with Gasteiger partial charge in [-0.2, -0.15) is 0 Å². The Morgan fingerprint density at radius 2 is 1.90 bits per heavy atom. The first-order chi connectivity index (χ1) is 10.1. The molecular weight excluding hydrogens is 271 g/mol. The van der Waals surface area contributed by atoms with E-state index in [-0.39, 0.29) is 11.7 Å². The number of ether oxygens (including phenoxy) is 1. The van der Waals surface area contributed by atoms with Crippen molar-refractivity contribution >= 4 is 17.3 Å². The average Bonchev–Trinajstić information content (AvgIpc) is 2.48. The number of halogens is 1. The van der Waals surface area contributed by atoms with Crippen molar-refractivity contribution in [3.8, 4) is 5.75 Å². The Balaban J connectivity index is 2.39. The molecule has 0 atom stereocenters. The Kier molecular flexibility index (Phi) is 4.57. The Morgan fingerprint density at radius 1 is 1.19 bits per heavy atom. The smallest absolute Gasteiger partial charge is 0.165 e. The van der Waals surface area contributed by atoms with Gasteiger partial charge in [-0.25, -0.2) is 14.4 Å². The average molecular weight is 290 g/mol. The van der Waals surface area contributed by atoms with Crippen LogP contribution < -0.4 is 15.4 Å². The summed E-state index contributed by atoms with van der Waals surface area (Å²) >= 11 is 0. The summed E-state index contributed by atoms with van der Waals surface area (Å²) in [5.41, 5.74) is 1.68. The lowest BCUT2D eigenvalue weighted by molar-refractivity contribution is 0.387. The summed E-state index contributed by atoms with van der Waals surface area (Å²) in [5.74, 6) is 1.49. The molecule has 0 saturated carbocycles. The molecule has 112 valence electrons. The van der Waals surface area contributed by atoms with E-state index >= 15 is 0 Å². The monoisotopic (exact) mass is 290 g/mol. The van der Waals surface area contributed by atoms with Crippen LogP contribution in [0.2, 0.25) is 0 Å².